The van der Waals surface area contributed by atoms with E-state index in [1.54, 1.807) is 30.0 Å². The summed E-state index contributed by atoms with van der Waals surface area (Å²) in [5, 5.41) is 8.90. The molecule has 8 nitrogen and oxygen atoms in total. The number of carbonyl (C=O) groups excluding carboxylic acids is 1. The zero-order valence-electron chi connectivity index (χ0n) is 30.9. The Bertz CT molecular complexity index is 1320. The van der Waals surface area contributed by atoms with Crippen LogP contribution in [0.5, 0.6) is 0 Å². The average molecular weight is 733 g/mol. The summed E-state index contributed by atoms with van der Waals surface area (Å²) in [6, 6.07) is 9.67. The molecule has 1 saturated heterocycles. The summed E-state index contributed by atoms with van der Waals surface area (Å²) in [6.07, 6.45) is 8.48. The van der Waals surface area contributed by atoms with Crippen LogP contribution in [0.1, 0.15) is 105 Å². The second kappa shape index (κ2) is 27.0. The van der Waals surface area contributed by atoms with Crippen molar-refractivity contribution >= 4 is 33.4 Å². The first-order valence-electron chi connectivity index (χ1n) is 17.1. The number of nitrogens with one attached hydrogen (secondary N) is 1. The van der Waals surface area contributed by atoms with Crippen molar-refractivity contribution in [2.75, 3.05) is 38.7 Å². The maximum atomic E-state index is 13.7. The van der Waals surface area contributed by atoms with Gasteiger partial charge >= 0.3 is 0 Å². The lowest BCUT2D eigenvalue weighted by atomic mass is 9.84. The second-order valence-electron chi connectivity index (χ2n) is 10.7. The van der Waals surface area contributed by atoms with E-state index in [1.807, 2.05) is 38.7 Å². The highest BCUT2D eigenvalue weighted by molar-refractivity contribution is 7.98. The van der Waals surface area contributed by atoms with E-state index in [0.29, 0.717) is 32.0 Å². The predicted octanol–water partition coefficient (Wildman–Crippen LogP) is 8.89. The lowest BCUT2D eigenvalue weighted by molar-refractivity contribution is -0.145. The molecule has 280 valence electrons. The number of thioether (sulfide) groups is 1. The molecular formula is C36H59F3N4O4S2. The van der Waals surface area contributed by atoms with Crippen molar-refractivity contribution in [1.82, 2.24) is 9.62 Å². The van der Waals surface area contributed by atoms with Gasteiger partial charge in [-0.1, -0.05) is 80.6 Å². The minimum absolute atomic E-state index is 0.173. The van der Waals surface area contributed by atoms with E-state index in [4.69, 9.17) is 15.7 Å². The van der Waals surface area contributed by atoms with Crippen LogP contribution in [-0.4, -0.2) is 64.0 Å². The van der Waals surface area contributed by atoms with E-state index in [0.717, 1.165) is 43.2 Å². The van der Waals surface area contributed by atoms with Crippen molar-refractivity contribution in [3.05, 3.63) is 53.6 Å². The molecule has 13 heteroatoms. The van der Waals surface area contributed by atoms with Gasteiger partial charge in [-0.05, 0) is 68.5 Å². The summed E-state index contributed by atoms with van der Waals surface area (Å²) >= 11 is 1.61. The first-order chi connectivity index (χ1) is 23.3. The predicted molar refractivity (Wildman–Crippen MR) is 197 cm³/mol. The number of likely N-dealkylation sites (tertiary alicyclic amines) is 1. The van der Waals surface area contributed by atoms with Crippen LogP contribution in [0.4, 0.5) is 18.9 Å². The molecule has 0 bridgehead atoms. The number of hydrogen-bond acceptors (Lipinski definition) is 8. The molecule has 2 aromatic rings. The van der Waals surface area contributed by atoms with Gasteiger partial charge < -0.3 is 10.5 Å². The number of amides is 1. The molecule has 1 aliphatic carbocycles. The number of nitrogen functional groups attached to an aromatic ring is 1. The van der Waals surface area contributed by atoms with Crippen molar-refractivity contribution in [2.45, 2.75) is 121 Å². The van der Waals surface area contributed by atoms with Gasteiger partial charge in [0.25, 0.3) is 15.9 Å². The zero-order valence-corrected chi connectivity index (χ0v) is 32.5. The number of alkyl halides is 1. The smallest absolute Gasteiger partial charge is 0.265 e. The highest BCUT2D eigenvalue weighted by Crippen LogP contribution is 2.32. The van der Waals surface area contributed by atoms with Crippen molar-refractivity contribution in [3.8, 4) is 6.07 Å². The lowest BCUT2D eigenvalue weighted by Crippen LogP contribution is -2.51. The van der Waals surface area contributed by atoms with Gasteiger partial charge in [-0.2, -0.15) is 5.26 Å². The Balaban J connectivity index is 0. The Morgan fingerprint density at radius 2 is 1.55 bits per heavy atom. The van der Waals surface area contributed by atoms with E-state index in [1.165, 1.54) is 32.1 Å². The van der Waals surface area contributed by atoms with Gasteiger partial charge in [-0.15, -0.1) is 11.8 Å². The molecule has 49 heavy (non-hydrogen) atoms. The van der Waals surface area contributed by atoms with Gasteiger partial charge in [0.2, 0.25) is 0 Å². The fourth-order valence-electron chi connectivity index (χ4n) is 4.34. The van der Waals surface area contributed by atoms with Crippen molar-refractivity contribution in [3.63, 3.8) is 0 Å². The maximum Gasteiger partial charge on any atom is 0.265 e. The number of nitriles is 1. The number of sulfonamides is 1. The summed E-state index contributed by atoms with van der Waals surface area (Å²) in [5.74, 6) is -2.01. The molecule has 3 N–H and O–H groups in total. The van der Waals surface area contributed by atoms with E-state index >= 15 is 0 Å². The molecule has 0 aromatic heterocycles. The standard InChI is InChI=1S/C15H18FN3O4S.C7H7FS.C6H12FN.C4H10.2C2H6/c1-23-15(5-3-2-4-6-15)14(20)19-24(21,22)11-7-10(9-17)13(18)12(16)8-11;1-9-7-4-2-6(8)3-5-7;1-2-3-8-4-6(7)5-8;1-3-4-2;2*1-2/h7-8H,2-6,18H2,1H3,(H,19,20);2-5H,1H3;6H,2-5H2,1H3;3-4H2,1-2H3;2*1-2H3. The van der Waals surface area contributed by atoms with Gasteiger partial charge in [0.15, 0.2) is 0 Å². The Hall–Kier alpha value is -2.79. The third-order valence-electron chi connectivity index (χ3n) is 7.23. The summed E-state index contributed by atoms with van der Waals surface area (Å²) in [6.45, 7) is 16.9. The molecule has 1 heterocycles. The number of benzene rings is 2. The number of unbranched alkanes of at least 4 members (excludes halogenated alkanes) is 1. The van der Waals surface area contributed by atoms with Gasteiger partial charge in [-0.25, -0.2) is 26.3 Å². The highest BCUT2D eigenvalue weighted by atomic mass is 32.2. The molecular weight excluding hydrogens is 674 g/mol. The molecule has 0 radical (unpaired) electrons. The molecule has 0 atom stereocenters. The van der Waals surface area contributed by atoms with Crippen LogP contribution < -0.4 is 10.5 Å². The molecule has 4 rings (SSSR count). The molecule has 2 fully saturated rings. The number of halogens is 3. The van der Waals surface area contributed by atoms with Crippen molar-refractivity contribution in [1.29, 1.82) is 5.26 Å². The molecule has 1 aliphatic heterocycles. The first kappa shape index (κ1) is 48.3. The monoisotopic (exact) mass is 732 g/mol. The average Bonchev–Trinajstić information content (AvgIpc) is 3.11. The number of hydrogen-bond donors (Lipinski definition) is 2. The van der Waals surface area contributed by atoms with Crippen LogP contribution in [-0.2, 0) is 19.6 Å². The van der Waals surface area contributed by atoms with Crippen LogP contribution in [0.25, 0.3) is 0 Å². The fraction of sp³-hybridized carbons (Fsp3) is 0.611. The summed E-state index contributed by atoms with van der Waals surface area (Å²) < 4.78 is 69.9. The minimum Gasteiger partial charge on any atom is -0.395 e. The Morgan fingerprint density at radius 1 is 1.02 bits per heavy atom. The Labute approximate surface area is 298 Å². The molecule has 1 amide bonds. The van der Waals surface area contributed by atoms with Crippen LogP contribution >= 0.6 is 11.8 Å². The van der Waals surface area contributed by atoms with Crippen molar-refractivity contribution < 1.29 is 31.1 Å². The van der Waals surface area contributed by atoms with Gasteiger partial charge in [0.05, 0.1) is 16.1 Å². The molecule has 1 saturated carbocycles. The molecule has 0 spiro atoms. The number of methoxy groups -OCH3 is 1. The third kappa shape index (κ3) is 17.6. The molecule has 2 aliphatic rings. The van der Waals surface area contributed by atoms with E-state index in [-0.39, 0.29) is 11.4 Å². The topological polar surface area (TPSA) is 126 Å². The fourth-order valence-corrected chi connectivity index (χ4v) is 5.83. The van der Waals surface area contributed by atoms with E-state index in [2.05, 4.69) is 25.7 Å². The SMILES string of the molecule is CC.CC.CCCC.CCCN1CC(F)C1.COC1(C(=O)NS(=O)(=O)c2cc(F)c(N)c(C#N)c2)CCCCC1.CSc1ccc(F)cc1. The number of carbonyl (C=O) groups is 1. The number of rotatable bonds is 8. The third-order valence-corrected chi connectivity index (χ3v) is 9.28. The highest BCUT2D eigenvalue weighted by Gasteiger charge is 2.41. The van der Waals surface area contributed by atoms with Crippen LogP contribution in [0.3, 0.4) is 0 Å². The quantitative estimate of drug-likeness (QED) is 0.204. The van der Waals surface area contributed by atoms with Crippen LogP contribution in [0.2, 0.25) is 0 Å². The van der Waals surface area contributed by atoms with Gasteiger partial charge in [-0.3, -0.25) is 9.69 Å². The molecule has 2 aromatic carbocycles. The Morgan fingerprint density at radius 3 is 1.96 bits per heavy atom. The number of ether oxygens (including phenoxy) is 1. The van der Waals surface area contributed by atoms with Crippen LogP contribution in [0, 0.1) is 23.0 Å². The Kier molecular flexibility index (Phi) is 26.6. The van der Waals surface area contributed by atoms with Gasteiger partial charge in [0.1, 0.15) is 29.5 Å². The summed E-state index contributed by atoms with van der Waals surface area (Å²) in [4.78, 5) is 15.1. The number of nitrogens with zero attached hydrogens (tertiary/aromatic N) is 2. The first-order valence-corrected chi connectivity index (χ1v) is 19.8. The zero-order chi connectivity index (χ0) is 38.0. The largest absolute Gasteiger partial charge is 0.395 e. The lowest BCUT2D eigenvalue weighted by Gasteiger charge is -2.34. The summed E-state index contributed by atoms with van der Waals surface area (Å²) in [7, 11) is -3.00. The van der Waals surface area contributed by atoms with E-state index < -0.39 is 44.1 Å². The van der Waals surface area contributed by atoms with E-state index in [9.17, 15) is 26.4 Å². The normalized spacial score (nSPS) is 14.8. The van der Waals surface area contributed by atoms with Crippen LogP contribution in [0.15, 0.2) is 46.2 Å². The maximum absolute atomic E-state index is 13.7. The van der Waals surface area contributed by atoms with Gasteiger partial charge in [0, 0.05) is 25.1 Å². The summed E-state index contributed by atoms with van der Waals surface area (Å²) in [5.41, 5.74) is 3.39. The van der Waals surface area contributed by atoms with Crippen molar-refractivity contribution in [2.24, 2.45) is 0 Å². The second-order valence-corrected chi connectivity index (χ2v) is 13.2. The minimum atomic E-state index is -4.36. The number of nitrogens with two attached hydrogens (primary N) is 1. The molecule has 0 unspecified atom stereocenters. The number of anilines is 1.